The molecular formula is C39H39ClF3N7O5. The van der Waals surface area contributed by atoms with E-state index in [4.69, 9.17) is 11.6 Å². The fourth-order valence-corrected chi connectivity index (χ4v) is 9.19. The van der Waals surface area contributed by atoms with Crippen LogP contribution in [0.5, 0.6) is 0 Å². The lowest BCUT2D eigenvalue weighted by atomic mass is 9.74. The van der Waals surface area contributed by atoms with Crippen molar-refractivity contribution in [1.29, 1.82) is 0 Å². The molecule has 0 aliphatic carbocycles. The van der Waals surface area contributed by atoms with Crippen molar-refractivity contribution < 1.29 is 37.1 Å². The summed E-state index contributed by atoms with van der Waals surface area (Å²) in [4.78, 5) is 74.7. The number of rotatable bonds is 9. The van der Waals surface area contributed by atoms with E-state index < -0.39 is 53.7 Å². The number of piperidine rings is 2. The summed E-state index contributed by atoms with van der Waals surface area (Å²) in [6.45, 7) is 3.29. The van der Waals surface area contributed by atoms with Crippen molar-refractivity contribution in [1.82, 2.24) is 20.1 Å². The highest BCUT2D eigenvalue weighted by Crippen LogP contribution is 2.48. The highest BCUT2D eigenvalue weighted by Gasteiger charge is 2.47. The van der Waals surface area contributed by atoms with Crippen molar-refractivity contribution in [3.05, 3.63) is 81.8 Å². The van der Waals surface area contributed by atoms with Crippen LogP contribution in [0.25, 0.3) is 0 Å². The Morgan fingerprint density at radius 3 is 2.44 bits per heavy atom. The number of piperazine rings is 1. The first-order chi connectivity index (χ1) is 26.4. The van der Waals surface area contributed by atoms with Gasteiger partial charge in [-0.2, -0.15) is 0 Å². The Morgan fingerprint density at radius 2 is 1.71 bits per heavy atom. The van der Waals surface area contributed by atoms with Gasteiger partial charge in [-0.15, -0.1) is 0 Å². The van der Waals surface area contributed by atoms with Crippen LogP contribution in [-0.4, -0.2) is 103 Å². The second-order valence-corrected chi connectivity index (χ2v) is 15.3. The summed E-state index contributed by atoms with van der Waals surface area (Å²) in [7, 11) is 0. The molecule has 0 spiro atoms. The van der Waals surface area contributed by atoms with Crippen LogP contribution in [0.1, 0.15) is 70.4 Å². The highest BCUT2D eigenvalue weighted by atomic mass is 35.5. The van der Waals surface area contributed by atoms with E-state index in [-0.39, 0.29) is 48.7 Å². The number of nitrogens with zero attached hydrogens (tertiary/aromatic N) is 5. The number of alkyl halides is 2. The fourth-order valence-electron chi connectivity index (χ4n) is 8.86. The van der Waals surface area contributed by atoms with Gasteiger partial charge in [0.2, 0.25) is 24.1 Å². The van der Waals surface area contributed by atoms with Crippen molar-refractivity contribution in [2.24, 2.45) is 5.92 Å². The van der Waals surface area contributed by atoms with Gasteiger partial charge < -0.3 is 15.1 Å². The molecular weight excluding hydrogens is 739 g/mol. The molecule has 2 N–H and O–H groups in total. The van der Waals surface area contributed by atoms with Gasteiger partial charge in [-0.25, -0.2) is 18.2 Å². The van der Waals surface area contributed by atoms with Crippen molar-refractivity contribution in [2.75, 3.05) is 60.9 Å². The van der Waals surface area contributed by atoms with Crippen molar-refractivity contribution in [2.45, 2.75) is 56.4 Å². The molecule has 8 rings (SSSR count). The van der Waals surface area contributed by atoms with Crippen LogP contribution >= 0.6 is 11.6 Å². The maximum absolute atomic E-state index is 15.4. The minimum absolute atomic E-state index is 0.00363. The molecule has 288 valence electrons. The number of benzene rings is 2. The van der Waals surface area contributed by atoms with Gasteiger partial charge in [-0.3, -0.25) is 39.1 Å². The van der Waals surface area contributed by atoms with E-state index >= 15 is 4.39 Å². The Morgan fingerprint density at radius 1 is 0.945 bits per heavy atom. The molecule has 1 aromatic heterocycles. The van der Waals surface area contributed by atoms with Crippen LogP contribution in [0.15, 0.2) is 48.7 Å². The molecule has 5 aliphatic rings. The van der Waals surface area contributed by atoms with Gasteiger partial charge in [-0.05, 0) is 74.0 Å². The van der Waals surface area contributed by atoms with Gasteiger partial charge in [-0.1, -0.05) is 23.7 Å². The van der Waals surface area contributed by atoms with Crippen LogP contribution in [0.3, 0.4) is 0 Å². The first kappa shape index (κ1) is 36.9. The normalized spacial score (nSPS) is 23.4. The molecule has 12 nitrogen and oxygen atoms in total. The maximum Gasteiger partial charge on any atom is 0.262 e. The monoisotopic (exact) mass is 777 g/mol. The van der Waals surface area contributed by atoms with Gasteiger partial charge in [0, 0.05) is 73.5 Å². The molecule has 3 fully saturated rings. The van der Waals surface area contributed by atoms with Gasteiger partial charge in [0.1, 0.15) is 17.7 Å². The van der Waals surface area contributed by atoms with Crippen molar-refractivity contribution >= 4 is 58.3 Å². The molecule has 2 unspecified atom stereocenters. The molecule has 5 aliphatic heterocycles. The first-order valence-corrected chi connectivity index (χ1v) is 18.9. The van der Waals surface area contributed by atoms with E-state index in [1.54, 1.807) is 23.1 Å². The number of anilines is 3. The third-order valence-electron chi connectivity index (χ3n) is 11.8. The zero-order valence-electron chi connectivity index (χ0n) is 29.8. The standard InChI is InChI=1S/C39H39ClF3N7O5/c40-27-6-10-44-35-34(27)39(21-45-35,19-31(42)43)23-2-1-3-24(16-23)49-15-14-47(20-33(49)52)11-7-22-8-12-48(13-9-22)30-18-26-25(17-28(30)41)37(54)50(38(26)55)29-4-5-32(51)46-36(29)53/h1-3,6,10,16-18,22,29,31H,4-5,7-9,11-15,19-21H2,(H,44,45)(H,46,51,53). The summed E-state index contributed by atoms with van der Waals surface area (Å²) in [5, 5.41) is 5.67. The van der Waals surface area contributed by atoms with E-state index in [0.29, 0.717) is 66.3 Å². The Bertz CT molecular complexity index is 2100. The zero-order chi connectivity index (χ0) is 38.6. The average Bonchev–Trinajstić information content (AvgIpc) is 3.65. The number of carbonyl (C=O) groups is 5. The molecule has 55 heavy (non-hydrogen) atoms. The number of halogens is 4. The summed E-state index contributed by atoms with van der Waals surface area (Å²) in [6.07, 6.45) is 0.891. The van der Waals surface area contributed by atoms with Gasteiger partial charge in [0.05, 0.1) is 23.4 Å². The van der Waals surface area contributed by atoms with Crippen LogP contribution in [0.2, 0.25) is 5.02 Å². The largest absolute Gasteiger partial charge is 0.369 e. The SMILES string of the molecule is O=C1CCC(N2C(=O)c3cc(F)c(N4CCC(CCN5CCN(c6cccc(C7(CC(F)F)CNc8nccc(Cl)c87)c6)C(=O)C5)CC4)cc3C2=O)C(=O)N1. The third-order valence-corrected chi connectivity index (χ3v) is 12.1. The average molecular weight is 778 g/mol. The summed E-state index contributed by atoms with van der Waals surface area (Å²) >= 11 is 6.55. The van der Waals surface area contributed by atoms with E-state index in [9.17, 15) is 32.8 Å². The summed E-state index contributed by atoms with van der Waals surface area (Å²) in [6, 6.07) is 10.2. The number of hydrogen-bond donors (Lipinski definition) is 2. The lowest BCUT2D eigenvalue weighted by molar-refractivity contribution is -0.136. The summed E-state index contributed by atoms with van der Waals surface area (Å²) in [5.41, 5.74) is 0.892. The zero-order valence-corrected chi connectivity index (χ0v) is 30.6. The quantitative estimate of drug-likeness (QED) is 0.299. The molecule has 2 atom stereocenters. The lowest BCUT2D eigenvalue weighted by Crippen LogP contribution is -2.54. The Hall–Kier alpha value is -5.02. The van der Waals surface area contributed by atoms with E-state index in [0.717, 1.165) is 30.2 Å². The number of pyridine rings is 1. The lowest BCUT2D eigenvalue weighted by Gasteiger charge is -2.37. The summed E-state index contributed by atoms with van der Waals surface area (Å²) < 4.78 is 43.5. The predicted octanol–water partition coefficient (Wildman–Crippen LogP) is 4.60. The molecule has 16 heteroatoms. The molecule has 3 saturated heterocycles. The topological polar surface area (TPSA) is 135 Å². The van der Waals surface area contributed by atoms with Crippen LogP contribution < -0.4 is 20.4 Å². The highest BCUT2D eigenvalue weighted by molar-refractivity contribution is 6.32. The van der Waals surface area contributed by atoms with Crippen LogP contribution in [0, 0.1) is 11.7 Å². The third kappa shape index (κ3) is 6.70. The van der Waals surface area contributed by atoms with Gasteiger partial charge in [0.25, 0.3) is 11.8 Å². The molecule has 0 saturated carbocycles. The number of nitrogens with one attached hydrogen (secondary N) is 2. The van der Waals surface area contributed by atoms with Crippen molar-refractivity contribution in [3.63, 3.8) is 0 Å². The second kappa shape index (κ2) is 14.6. The fraction of sp³-hybridized carbons (Fsp3) is 0.436. The Balaban J connectivity index is 0.865. The van der Waals surface area contributed by atoms with Crippen molar-refractivity contribution in [3.8, 4) is 0 Å². The minimum atomic E-state index is -2.59. The molecule has 6 heterocycles. The van der Waals surface area contributed by atoms with E-state index in [2.05, 4.69) is 20.5 Å². The van der Waals surface area contributed by atoms with Gasteiger partial charge in [0.15, 0.2) is 0 Å². The van der Waals surface area contributed by atoms with Crippen LogP contribution in [0.4, 0.5) is 30.4 Å². The molecule has 5 amide bonds. The number of hydrogen-bond acceptors (Lipinski definition) is 9. The smallest absolute Gasteiger partial charge is 0.262 e. The Labute approximate surface area is 320 Å². The number of fused-ring (bicyclic) bond motifs is 2. The molecule has 0 bridgehead atoms. The Kier molecular flexibility index (Phi) is 9.78. The number of aromatic nitrogens is 1. The number of carbonyl (C=O) groups excluding carboxylic acids is 5. The first-order valence-electron chi connectivity index (χ1n) is 18.5. The predicted molar refractivity (Wildman–Crippen MR) is 197 cm³/mol. The molecule has 3 aromatic rings. The van der Waals surface area contributed by atoms with Gasteiger partial charge >= 0.3 is 0 Å². The van der Waals surface area contributed by atoms with E-state index in [1.165, 1.54) is 12.3 Å². The molecule has 0 radical (unpaired) electrons. The maximum atomic E-state index is 15.4. The summed E-state index contributed by atoms with van der Waals surface area (Å²) in [5.74, 6) is -2.51. The number of amides is 5. The molecule has 2 aromatic carbocycles. The minimum Gasteiger partial charge on any atom is -0.369 e. The second-order valence-electron chi connectivity index (χ2n) is 14.9. The van der Waals surface area contributed by atoms with Crippen LogP contribution in [-0.2, 0) is 19.8 Å². The van der Waals surface area contributed by atoms with E-state index in [1.807, 2.05) is 17.0 Å². The number of imide groups is 2.